The Bertz CT molecular complexity index is 281. The third kappa shape index (κ3) is 5.04. The van der Waals surface area contributed by atoms with Gasteiger partial charge in [0.1, 0.15) is 0 Å². The van der Waals surface area contributed by atoms with Crippen LogP contribution < -0.4 is 5.32 Å². The molecule has 104 valence electrons. The highest BCUT2D eigenvalue weighted by Gasteiger charge is 2.24. The molecule has 0 saturated carbocycles. The number of hydrogen-bond acceptors (Lipinski definition) is 4. The van der Waals surface area contributed by atoms with Crippen LogP contribution in [-0.2, 0) is 14.3 Å². The number of hydrogen-bond donors (Lipinski definition) is 1. The molecular weight excluding hydrogens is 232 g/mol. The molecule has 0 radical (unpaired) electrons. The monoisotopic (exact) mass is 256 g/mol. The van der Waals surface area contributed by atoms with E-state index in [1.165, 1.54) is 6.42 Å². The predicted molar refractivity (Wildman–Crippen MR) is 69.1 cm³/mol. The van der Waals surface area contributed by atoms with Crippen LogP contribution in [0.5, 0.6) is 0 Å². The summed E-state index contributed by atoms with van der Waals surface area (Å²) in [5.41, 5.74) is 0. The molecule has 0 aromatic carbocycles. The van der Waals surface area contributed by atoms with E-state index >= 15 is 0 Å². The largest absolute Gasteiger partial charge is 0.466 e. The van der Waals surface area contributed by atoms with Crippen LogP contribution in [0, 0.1) is 0 Å². The molecule has 0 bridgehead atoms. The van der Waals surface area contributed by atoms with Gasteiger partial charge in [-0.05, 0) is 33.4 Å². The van der Waals surface area contributed by atoms with Crippen LogP contribution in [-0.4, -0.2) is 49.6 Å². The molecule has 1 saturated heterocycles. The van der Waals surface area contributed by atoms with Gasteiger partial charge in [0.05, 0.1) is 19.1 Å². The quantitative estimate of drug-likeness (QED) is 0.743. The SMILES string of the molecule is CCOC(=O)CCNC(=O)C1CCCCCN1C. The van der Waals surface area contributed by atoms with Gasteiger partial charge in [0.2, 0.25) is 5.91 Å². The molecule has 1 aliphatic rings. The Labute approximate surface area is 109 Å². The highest BCUT2D eigenvalue weighted by molar-refractivity contribution is 5.82. The van der Waals surface area contributed by atoms with E-state index in [1.54, 1.807) is 6.92 Å². The maximum absolute atomic E-state index is 12.0. The molecule has 5 heteroatoms. The van der Waals surface area contributed by atoms with Crippen LogP contribution in [0.25, 0.3) is 0 Å². The van der Waals surface area contributed by atoms with E-state index in [0.717, 1.165) is 25.8 Å². The molecule has 1 rings (SSSR count). The van der Waals surface area contributed by atoms with E-state index in [-0.39, 0.29) is 24.3 Å². The summed E-state index contributed by atoms with van der Waals surface area (Å²) in [4.78, 5) is 25.2. The first-order valence-electron chi connectivity index (χ1n) is 6.78. The number of likely N-dealkylation sites (tertiary alicyclic amines) is 1. The third-order valence-electron chi connectivity index (χ3n) is 3.26. The summed E-state index contributed by atoms with van der Waals surface area (Å²) < 4.78 is 4.81. The summed E-state index contributed by atoms with van der Waals surface area (Å²) >= 11 is 0. The number of rotatable bonds is 5. The highest BCUT2D eigenvalue weighted by atomic mass is 16.5. The number of nitrogens with one attached hydrogen (secondary N) is 1. The van der Waals surface area contributed by atoms with Crippen molar-refractivity contribution in [2.75, 3.05) is 26.7 Å². The molecule has 1 heterocycles. The second-order valence-electron chi connectivity index (χ2n) is 4.69. The topological polar surface area (TPSA) is 58.6 Å². The van der Waals surface area contributed by atoms with Crippen molar-refractivity contribution in [2.24, 2.45) is 0 Å². The van der Waals surface area contributed by atoms with Gasteiger partial charge in [-0.2, -0.15) is 0 Å². The Hall–Kier alpha value is -1.10. The van der Waals surface area contributed by atoms with Crippen LogP contribution >= 0.6 is 0 Å². The molecule has 0 spiro atoms. The molecule has 0 aromatic rings. The van der Waals surface area contributed by atoms with Crippen LogP contribution in [0.3, 0.4) is 0 Å². The standard InChI is InChI=1S/C13H24N2O3/c1-3-18-12(16)8-9-14-13(17)11-7-5-4-6-10-15(11)2/h11H,3-10H2,1-2H3,(H,14,17). The summed E-state index contributed by atoms with van der Waals surface area (Å²) in [5.74, 6) is -0.226. The number of likely N-dealkylation sites (N-methyl/N-ethyl adjacent to an activating group) is 1. The average Bonchev–Trinajstić information content (AvgIpc) is 2.54. The van der Waals surface area contributed by atoms with Crippen molar-refractivity contribution < 1.29 is 14.3 Å². The van der Waals surface area contributed by atoms with E-state index in [4.69, 9.17) is 4.74 Å². The highest BCUT2D eigenvalue weighted by Crippen LogP contribution is 2.14. The summed E-state index contributed by atoms with van der Waals surface area (Å²) in [6, 6.07) is -0.0466. The molecule has 1 fully saturated rings. The van der Waals surface area contributed by atoms with Crippen molar-refractivity contribution in [1.82, 2.24) is 10.2 Å². The lowest BCUT2D eigenvalue weighted by Crippen LogP contribution is -2.45. The van der Waals surface area contributed by atoms with Gasteiger partial charge in [-0.3, -0.25) is 14.5 Å². The maximum Gasteiger partial charge on any atom is 0.307 e. The zero-order chi connectivity index (χ0) is 13.4. The summed E-state index contributed by atoms with van der Waals surface area (Å²) in [6.45, 7) is 3.49. The van der Waals surface area contributed by atoms with Crippen molar-refractivity contribution in [3.63, 3.8) is 0 Å². The summed E-state index contributed by atoms with van der Waals surface area (Å²) in [5, 5.41) is 2.82. The molecule has 1 atom stereocenters. The van der Waals surface area contributed by atoms with Gasteiger partial charge in [0.25, 0.3) is 0 Å². The Morgan fingerprint density at radius 2 is 2.11 bits per heavy atom. The van der Waals surface area contributed by atoms with E-state index < -0.39 is 0 Å². The van der Waals surface area contributed by atoms with Gasteiger partial charge < -0.3 is 10.1 Å². The van der Waals surface area contributed by atoms with Crippen molar-refractivity contribution in [3.05, 3.63) is 0 Å². The molecule has 1 unspecified atom stereocenters. The zero-order valence-corrected chi connectivity index (χ0v) is 11.4. The Kier molecular flexibility index (Phi) is 6.72. The average molecular weight is 256 g/mol. The Balaban J connectivity index is 2.28. The third-order valence-corrected chi connectivity index (χ3v) is 3.26. The zero-order valence-electron chi connectivity index (χ0n) is 11.4. The smallest absolute Gasteiger partial charge is 0.307 e. The first-order chi connectivity index (χ1) is 8.65. The first-order valence-corrected chi connectivity index (χ1v) is 6.78. The van der Waals surface area contributed by atoms with E-state index in [2.05, 4.69) is 10.2 Å². The second kappa shape index (κ2) is 8.08. The van der Waals surface area contributed by atoms with Gasteiger partial charge >= 0.3 is 5.97 Å². The number of ether oxygens (including phenoxy) is 1. The molecule has 1 aliphatic heterocycles. The molecule has 5 nitrogen and oxygen atoms in total. The van der Waals surface area contributed by atoms with Gasteiger partial charge in [-0.25, -0.2) is 0 Å². The van der Waals surface area contributed by atoms with Crippen molar-refractivity contribution >= 4 is 11.9 Å². The summed E-state index contributed by atoms with van der Waals surface area (Å²) in [6.07, 6.45) is 4.60. The fraction of sp³-hybridized carbons (Fsp3) is 0.846. The first kappa shape index (κ1) is 15.0. The fourth-order valence-corrected chi connectivity index (χ4v) is 2.22. The van der Waals surface area contributed by atoms with Gasteiger partial charge in [0.15, 0.2) is 0 Å². The summed E-state index contributed by atoms with van der Waals surface area (Å²) in [7, 11) is 1.99. The lowest BCUT2D eigenvalue weighted by Gasteiger charge is -2.24. The number of amides is 1. The van der Waals surface area contributed by atoms with E-state index in [0.29, 0.717) is 13.2 Å². The fourth-order valence-electron chi connectivity index (χ4n) is 2.22. The molecule has 1 N–H and O–H groups in total. The van der Waals surface area contributed by atoms with E-state index in [1.807, 2.05) is 7.05 Å². The number of carbonyl (C=O) groups is 2. The number of esters is 1. The van der Waals surface area contributed by atoms with Gasteiger partial charge in [-0.1, -0.05) is 12.8 Å². The minimum atomic E-state index is -0.257. The molecular formula is C13H24N2O3. The maximum atomic E-state index is 12.0. The minimum absolute atomic E-state index is 0.0312. The van der Waals surface area contributed by atoms with Crippen LogP contribution in [0.15, 0.2) is 0 Å². The van der Waals surface area contributed by atoms with Crippen molar-refractivity contribution in [3.8, 4) is 0 Å². The predicted octanol–water partition coefficient (Wildman–Crippen LogP) is 0.930. The van der Waals surface area contributed by atoms with Crippen LogP contribution in [0.1, 0.15) is 39.0 Å². The van der Waals surface area contributed by atoms with Crippen LogP contribution in [0.4, 0.5) is 0 Å². The van der Waals surface area contributed by atoms with Gasteiger partial charge in [0, 0.05) is 6.54 Å². The molecule has 18 heavy (non-hydrogen) atoms. The lowest BCUT2D eigenvalue weighted by atomic mass is 10.1. The minimum Gasteiger partial charge on any atom is -0.466 e. The van der Waals surface area contributed by atoms with E-state index in [9.17, 15) is 9.59 Å². The number of carbonyl (C=O) groups excluding carboxylic acids is 2. The lowest BCUT2D eigenvalue weighted by molar-refractivity contribution is -0.143. The normalized spacial score (nSPS) is 21.1. The molecule has 0 aromatic heterocycles. The Morgan fingerprint density at radius 1 is 1.33 bits per heavy atom. The number of nitrogens with zero attached hydrogens (tertiary/aromatic N) is 1. The van der Waals surface area contributed by atoms with Crippen LogP contribution in [0.2, 0.25) is 0 Å². The molecule has 1 amide bonds. The second-order valence-corrected chi connectivity index (χ2v) is 4.69. The Morgan fingerprint density at radius 3 is 2.83 bits per heavy atom. The van der Waals surface area contributed by atoms with Crippen molar-refractivity contribution in [2.45, 2.75) is 45.1 Å². The molecule has 0 aliphatic carbocycles. The van der Waals surface area contributed by atoms with Gasteiger partial charge in [-0.15, -0.1) is 0 Å². The van der Waals surface area contributed by atoms with Crippen molar-refractivity contribution in [1.29, 1.82) is 0 Å².